The van der Waals surface area contributed by atoms with Crippen molar-refractivity contribution >= 4 is 16.2 Å². The molecule has 0 spiro atoms. The molecule has 1 aromatic carbocycles. The van der Waals surface area contributed by atoms with E-state index in [1.165, 1.54) is 19.2 Å². The van der Waals surface area contributed by atoms with Gasteiger partial charge in [0.15, 0.2) is 0 Å². The highest BCUT2D eigenvalue weighted by Crippen LogP contribution is 2.24. The molecule has 0 fully saturated rings. The Hall–Kier alpha value is -1.87. The van der Waals surface area contributed by atoms with Crippen molar-refractivity contribution in [3.05, 3.63) is 23.8 Å². The molecule has 0 aliphatic rings. The number of ether oxygens (including phenoxy) is 1. The van der Waals surface area contributed by atoms with Crippen molar-refractivity contribution in [2.75, 3.05) is 7.11 Å². The lowest BCUT2D eigenvalue weighted by Crippen LogP contribution is -1.83. The predicted molar refractivity (Wildman–Crippen MR) is 48.7 cm³/mol. The molecule has 0 amide bonds. The Morgan fingerprint density at radius 2 is 2.21 bits per heavy atom. The third-order valence-electron chi connectivity index (χ3n) is 1.50. The maximum Gasteiger partial charge on any atom is 0.316 e. The van der Waals surface area contributed by atoms with Crippen molar-refractivity contribution in [1.29, 1.82) is 5.26 Å². The van der Waals surface area contributed by atoms with E-state index in [4.69, 9.17) is 10.00 Å². The average molecular weight is 210 g/mol. The third-order valence-corrected chi connectivity index (χ3v) is 1.84. The van der Waals surface area contributed by atoms with Crippen LogP contribution in [0, 0.1) is 11.3 Å². The van der Waals surface area contributed by atoms with E-state index < -0.39 is 10.5 Å². The van der Waals surface area contributed by atoms with E-state index in [2.05, 4.69) is 4.36 Å². The van der Waals surface area contributed by atoms with Crippen LogP contribution in [0.1, 0.15) is 5.56 Å². The highest BCUT2D eigenvalue weighted by atomic mass is 32.2. The van der Waals surface area contributed by atoms with Crippen LogP contribution in [0.4, 0.5) is 5.69 Å². The second-order valence-corrected chi connectivity index (χ2v) is 2.92. The number of benzene rings is 1. The van der Waals surface area contributed by atoms with Gasteiger partial charge >= 0.3 is 10.5 Å². The number of nitriles is 1. The van der Waals surface area contributed by atoms with Crippen LogP contribution in [-0.4, -0.2) is 15.5 Å². The van der Waals surface area contributed by atoms with Crippen LogP contribution in [-0.2, 0) is 10.5 Å². The molecule has 0 aromatic heterocycles. The zero-order chi connectivity index (χ0) is 10.6. The normalized spacial score (nSPS) is 8.86. The summed E-state index contributed by atoms with van der Waals surface area (Å²) < 4.78 is 28.8. The summed E-state index contributed by atoms with van der Waals surface area (Å²) in [7, 11) is -1.13. The lowest BCUT2D eigenvalue weighted by atomic mass is 10.2. The molecule has 0 saturated carbocycles. The number of hydrogen-bond donors (Lipinski definition) is 0. The Bertz CT molecular complexity index is 506. The van der Waals surface area contributed by atoms with E-state index in [1.807, 2.05) is 6.07 Å². The number of methoxy groups -OCH3 is 1. The van der Waals surface area contributed by atoms with Crippen LogP contribution in [0.2, 0.25) is 0 Å². The van der Waals surface area contributed by atoms with Crippen LogP contribution in [0.5, 0.6) is 5.75 Å². The maximum atomic E-state index is 10.3. The summed E-state index contributed by atoms with van der Waals surface area (Å²) >= 11 is 0. The minimum Gasteiger partial charge on any atom is -0.497 e. The standard InChI is InChI=1S/C8H6N2O3S/c1-13-7-3-2-6(5-9)8(4-7)10-14(11)12/h2-4H,1H3. The quantitative estimate of drug-likeness (QED) is 0.736. The molecule has 0 heterocycles. The fourth-order valence-corrected chi connectivity index (χ4v) is 1.20. The van der Waals surface area contributed by atoms with Gasteiger partial charge in [0.25, 0.3) is 0 Å². The molecule has 1 rings (SSSR count). The van der Waals surface area contributed by atoms with E-state index in [1.54, 1.807) is 6.07 Å². The van der Waals surface area contributed by atoms with Crippen molar-refractivity contribution in [2.24, 2.45) is 4.36 Å². The molecular weight excluding hydrogens is 204 g/mol. The Labute approximate surface area is 82.3 Å². The highest BCUT2D eigenvalue weighted by molar-refractivity contribution is 7.61. The van der Waals surface area contributed by atoms with Gasteiger partial charge in [0.05, 0.1) is 12.7 Å². The Morgan fingerprint density at radius 1 is 1.50 bits per heavy atom. The smallest absolute Gasteiger partial charge is 0.316 e. The van der Waals surface area contributed by atoms with E-state index in [0.29, 0.717) is 5.75 Å². The third kappa shape index (κ3) is 2.31. The zero-order valence-electron chi connectivity index (χ0n) is 7.26. The van der Waals surface area contributed by atoms with Gasteiger partial charge in [0, 0.05) is 6.07 Å². The summed E-state index contributed by atoms with van der Waals surface area (Å²) in [6, 6.07) is 6.22. The van der Waals surface area contributed by atoms with Crippen LogP contribution >= 0.6 is 0 Å². The number of rotatable bonds is 2. The molecule has 1 aromatic rings. The van der Waals surface area contributed by atoms with E-state index in [-0.39, 0.29) is 11.3 Å². The van der Waals surface area contributed by atoms with Crippen LogP contribution in [0.15, 0.2) is 22.6 Å². The first kappa shape index (κ1) is 10.2. The molecule has 0 atom stereocenters. The lowest BCUT2D eigenvalue weighted by Gasteiger charge is -2.00. The molecule has 0 radical (unpaired) electrons. The van der Waals surface area contributed by atoms with Gasteiger partial charge in [-0.3, -0.25) is 0 Å². The first-order valence-corrected chi connectivity index (χ1v) is 4.60. The second-order valence-electron chi connectivity index (χ2n) is 2.30. The molecule has 0 saturated heterocycles. The van der Waals surface area contributed by atoms with E-state index >= 15 is 0 Å². The molecular formula is C8H6N2O3S. The fourth-order valence-electron chi connectivity index (χ4n) is 0.889. The summed E-state index contributed by atoms with van der Waals surface area (Å²) in [5, 5.41) is 8.64. The van der Waals surface area contributed by atoms with Gasteiger partial charge in [-0.1, -0.05) is 0 Å². The lowest BCUT2D eigenvalue weighted by molar-refractivity contribution is 0.415. The minimum atomic E-state index is -2.57. The van der Waals surface area contributed by atoms with Crippen LogP contribution in [0.25, 0.3) is 0 Å². The van der Waals surface area contributed by atoms with Gasteiger partial charge in [0.2, 0.25) is 0 Å². The average Bonchev–Trinajstić information content (AvgIpc) is 2.16. The van der Waals surface area contributed by atoms with Gasteiger partial charge in [0.1, 0.15) is 17.5 Å². The first-order chi connectivity index (χ1) is 6.67. The monoisotopic (exact) mass is 210 g/mol. The molecule has 0 unspecified atom stereocenters. The zero-order valence-corrected chi connectivity index (χ0v) is 8.08. The number of hydrogen-bond acceptors (Lipinski definition) is 5. The molecule has 0 aliphatic heterocycles. The van der Waals surface area contributed by atoms with Crippen molar-refractivity contribution in [3.8, 4) is 11.8 Å². The maximum absolute atomic E-state index is 10.3. The molecule has 0 bridgehead atoms. The summed E-state index contributed by atoms with van der Waals surface area (Å²) in [6.45, 7) is 0. The second kappa shape index (κ2) is 4.39. The van der Waals surface area contributed by atoms with Gasteiger partial charge in [-0.05, 0) is 12.1 Å². The molecule has 14 heavy (non-hydrogen) atoms. The van der Waals surface area contributed by atoms with Gasteiger partial charge in [-0.15, -0.1) is 4.36 Å². The van der Waals surface area contributed by atoms with Gasteiger partial charge < -0.3 is 4.74 Å². The summed E-state index contributed by atoms with van der Waals surface area (Å²) in [5.41, 5.74) is 0.273. The predicted octanol–water partition coefficient (Wildman–Crippen LogP) is 1.26. The Balaban J connectivity index is 3.38. The molecule has 0 aliphatic carbocycles. The van der Waals surface area contributed by atoms with Crippen molar-refractivity contribution in [1.82, 2.24) is 0 Å². The Morgan fingerprint density at radius 3 is 2.71 bits per heavy atom. The minimum absolute atomic E-state index is 0.0835. The summed E-state index contributed by atoms with van der Waals surface area (Å²) in [6.07, 6.45) is 0. The first-order valence-electron chi connectivity index (χ1n) is 3.56. The van der Waals surface area contributed by atoms with Crippen molar-refractivity contribution in [2.45, 2.75) is 0 Å². The van der Waals surface area contributed by atoms with Gasteiger partial charge in [-0.25, -0.2) is 0 Å². The van der Waals surface area contributed by atoms with Crippen molar-refractivity contribution in [3.63, 3.8) is 0 Å². The van der Waals surface area contributed by atoms with E-state index in [9.17, 15) is 8.42 Å². The van der Waals surface area contributed by atoms with Crippen LogP contribution in [0.3, 0.4) is 0 Å². The largest absolute Gasteiger partial charge is 0.497 e. The molecule has 0 N–H and O–H groups in total. The van der Waals surface area contributed by atoms with E-state index in [0.717, 1.165) is 0 Å². The Kier molecular flexibility index (Phi) is 3.20. The summed E-state index contributed by atoms with van der Waals surface area (Å²) in [4.78, 5) is 0. The molecule has 6 heteroatoms. The highest BCUT2D eigenvalue weighted by Gasteiger charge is 2.02. The number of nitrogens with zero attached hydrogens (tertiary/aromatic N) is 2. The van der Waals surface area contributed by atoms with Gasteiger partial charge in [-0.2, -0.15) is 13.7 Å². The SMILES string of the molecule is COc1ccc(C#N)c(N=S(=O)=O)c1. The molecule has 5 nitrogen and oxygen atoms in total. The topological polar surface area (TPSA) is 79.5 Å². The fraction of sp³-hybridized carbons (Fsp3) is 0.125. The van der Waals surface area contributed by atoms with Crippen LogP contribution < -0.4 is 4.74 Å². The summed E-state index contributed by atoms with van der Waals surface area (Å²) in [5.74, 6) is 0.452. The van der Waals surface area contributed by atoms with Crippen molar-refractivity contribution < 1.29 is 13.2 Å². The molecule has 72 valence electrons.